The molecule has 5 atom stereocenters. The summed E-state index contributed by atoms with van der Waals surface area (Å²) in [7, 11) is 0. The zero-order valence-electron chi connectivity index (χ0n) is 28.5. The SMILES string of the molecule is CC(C)(c1cc2cnccc2o1)N1CCN(C[C@@H](O)C[C@@H](Cc2ccccc2)C(=O)N[C@H]2c3ccccc3OC[C@H]2O)[C@H](C(=O)NCCF)C1. The molecular weight excluding hydrogens is 641 g/mol. The first-order chi connectivity index (χ1) is 24.1. The van der Waals surface area contributed by atoms with Crippen molar-refractivity contribution in [1.82, 2.24) is 25.4 Å². The second-order valence-corrected chi connectivity index (χ2v) is 13.7. The molecule has 50 heavy (non-hydrogen) atoms. The number of amides is 2. The van der Waals surface area contributed by atoms with Gasteiger partial charge in [-0.25, -0.2) is 4.39 Å². The lowest BCUT2D eigenvalue weighted by Crippen LogP contribution is -2.63. The molecule has 0 bridgehead atoms. The van der Waals surface area contributed by atoms with E-state index in [0.717, 1.165) is 22.3 Å². The fourth-order valence-corrected chi connectivity index (χ4v) is 7.07. The number of carbonyl (C=O) groups is 2. The number of piperazine rings is 1. The first-order valence-electron chi connectivity index (χ1n) is 17.2. The fourth-order valence-electron chi connectivity index (χ4n) is 7.07. The molecule has 0 saturated carbocycles. The van der Waals surface area contributed by atoms with Crippen molar-refractivity contribution < 1.29 is 33.3 Å². The van der Waals surface area contributed by atoms with Crippen LogP contribution >= 0.6 is 0 Å². The van der Waals surface area contributed by atoms with Gasteiger partial charge in [-0.3, -0.25) is 24.4 Å². The number of aliphatic hydroxyl groups is 2. The minimum absolute atomic E-state index is 0.0517. The molecule has 6 rings (SSSR count). The Morgan fingerprint density at radius 3 is 2.66 bits per heavy atom. The van der Waals surface area contributed by atoms with Crippen LogP contribution in [0.15, 0.2) is 83.5 Å². The predicted octanol–water partition coefficient (Wildman–Crippen LogP) is 3.36. The molecule has 11 nitrogen and oxygen atoms in total. The number of nitrogens with one attached hydrogen (secondary N) is 2. The maximum absolute atomic E-state index is 13.9. The Hall–Kier alpha value is -4.36. The molecule has 2 aromatic carbocycles. The summed E-state index contributed by atoms with van der Waals surface area (Å²) < 4.78 is 25.0. The number of fused-ring (bicyclic) bond motifs is 2. The molecule has 4 N–H and O–H groups in total. The Labute approximate surface area is 291 Å². The van der Waals surface area contributed by atoms with E-state index in [1.165, 1.54) is 0 Å². The van der Waals surface area contributed by atoms with Gasteiger partial charge in [0.05, 0.1) is 17.7 Å². The van der Waals surface area contributed by atoms with Crippen LogP contribution in [0, 0.1) is 5.92 Å². The van der Waals surface area contributed by atoms with E-state index >= 15 is 0 Å². The molecule has 0 spiro atoms. The van der Waals surface area contributed by atoms with Gasteiger partial charge in [-0.15, -0.1) is 0 Å². The number of nitrogens with zero attached hydrogens (tertiary/aromatic N) is 3. The quantitative estimate of drug-likeness (QED) is 0.167. The third-order valence-corrected chi connectivity index (χ3v) is 9.94. The van der Waals surface area contributed by atoms with Crippen molar-refractivity contribution in [2.75, 3.05) is 46.0 Å². The van der Waals surface area contributed by atoms with E-state index in [4.69, 9.17) is 9.15 Å². The van der Waals surface area contributed by atoms with Crippen LogP contribution in [0.1, 0.15) is 43.2 Å². The third kappa shape index (κ3) is 7.99. The summed E-state index contributed by atoms with van der Waals surface area (Å²) in [6.07, 6.45) is 2.04. The highest BCUT2D eigenvalue weighted by Crippen LogP contribution is 2.35. The number of rotatable bonds is 13. The predicted molar refractivity (Wildman–Crippen MR) is 186 cm³/mol. The lowest BCUT2D eigenvalue weighted by molar-refractivity contribution is -0.133. The number of alkyl halides is 1. The van der Waals surface area contributed by atoms with Gasteiger partial charge in [-0.2, -0.15) is 0 Å². The standard InChI is InChI=1S/C38H46FN5O6/c1-38(2,34-20-27-21-40-14-12-32(27)50-34)44-17-16-43(30(23-44)37(48)41-15-13-39)22-28(45)19-26(18-25-8-4-3-5-9-25)36(47)42-35-29-10-6-7-11-33(29)49-24-31(35)46/h3-12,14,20-21,26,28,30-31,35,45-46H,13,15-19,22-24H2,1-2H3,(H,41,48)(H,42,47)/t26-,28+,30+,31-,35+/m1/s1. The van der Waals surface area contributed by atoms with E-state index in [1.54, 1.807) is 18.5 Å². The molecule has 0 radical (unpaired) electrons. The van der Waals surface area contributed by atoms with Crippen molar-refractivity contribution in [2.45, 2.75) is 56.5 Å². The maximum atomic E-state index is 13.9. The highest BCUT2D eigenvalue weighted by atomic mass is 19.1. The third-order valence-electron chi connectivity index (χ3n) is 9.94. The van der Waals surface area contributed by atoms with Crippen molar-refractivity contribution in [3.63, 3.8) is 0 Å². The molecule has 0 aliphatic carbocycles. The molecule has 4 aromatic rings. The number of β-amino-alcohol motifs (C(OH)–C–C–N with tert-alkyl or cyclic N) is 1. The molecule has 2 aromatic heterocycles. The second-order valence-electron chi connectivity index (χ2n) is 13.7. The number of aromatic nitrogens is 1. The smallest absolute Gasteiger partial charge is 0.238 e. The fraction of sp³-hybridized carbons (Fsp3) is 0.447. The van der Waals surface area contributed by atoms with E-state index in [0.29, 0.717) is 37.4 Å². The summed E-state index contributed by atoms with van der Waals surface area (Å²) in [6, 6.07) is 19.3. The van der Waals surface area contributed by atoms with Gasteiger partial charge >= 0.3 is 0 Å². The van der Waals surface area contributed by atoms with Crippen LogP contribution in [0.2, 0.25) is 0 Å². The minimum atomic E-state index is -0.958. The number of pyridine rings is 1. The monoisotopic (exact) mass is 687 g/mol. The van der Waals surface area contributed by atoms with Gasteiger partial charge in [0, 0.05) is 62.0 Å². The first kappa shape index (κ1) is 35.5. The summed E-state index contributed by atoms with van der Waals surface area (Å²) in [5.74, 6) is 0.105. The number of aliphatic hydroxyl groups excluding tert-OH is 2. The number of carbonyl (C=O) groups excluding carboxylic acids is 2. The summed E-state index contributed by atoms with van der Waals surface area (Å²) in [5, 5.41) is 29.0. The van der Waals surface area contributed by atoms with Crippen LogP contribution in [0.3, 0.4) is 0 Å². The molecule has 12 heteroatoms. The van der Waals surface area contributed by atoms with Gasteiger partial charge in [-0.1, -0.05) is 48.5 Å². The van der Waals surface area contributed by atoms with Crippen LogP contribution < -0.4 is 15.4 Å². The van der Waals surface area contributed by atoms with Crippen molar-refractivity contribution in [3.05, 3.63) is 96.0 Å². The van der Waals surface area contributed by atoms with Crippen LogP contribution in [0.4, 0.5) is 4.39 Å². The van der Waals surface area contributed by atoms with Crippen molar-refractivity contribution in [2.24, 2.45) is 5.92 Å². The van der Waals surface area contributed by atoms with Crippen LogP contribution in [0.5, 0.6) is 5.75 Å². The zero-order chi connectivity index (χ0) is 35.3. The van der Waals surface area contributed by atoms with Gasteiger partial charge in [0.1, 0.15) is 42.5 Å². The van der Waals surface area contributed by atoms with E-state index < -0.39 is 42.4 Å². The van der Waals surface area contributed by atoms with Crippen molar-refractivity contribution in [3.8, 4) is 5.75 Å². The van der Waals surface area contributed by atoms with E-state index in [2.05, 4.69) is 20.5 Å². The Bertz CT molecular complexity index is 1720. The number of ether oxygens (including phenoxy) is 1. The molecule has 266 valence electrons. The number of benzene rings is 2. The topological polar surface area (TPSA) is 140 Å². The average molecular weight is 688 g/mol. The van der Waals surface area contributed by atoms with E-state index in [9.17, 15) is 24.2 Å². The number of furan rings is 1. The second kappa shape index (κ2) is 15.7. The summed E-state index contributed by atoms with van der Waals surface area (Å²) in [4.78, 5) is 35.7. The van der Waals surface area contributed by atoms with Gasteiger partial charge in [0.2, 0.25) is 11.8 Å². The highest BCUT2D eigenvalue weighted by Gasteiger charge is 2.41. The van der Waals surface area contributed by atoms with Crippen molar-refractivity contribution >= 4 is 22.8 Å². The van der Waals surface area contributed by atoms with Crippen LogP contribution in [-0.4, -0.2) is 101 Å². The number of hydrogen-bond donors (Lipinski definition) is 4. The number of para-hydroxylation sites is 1. The normalized spacial score (nSPS) is 21.2. The van der Waals surface area contributed by atoms with Gasteiger partial charge in [0.15, 0.2) is 0 Å². The van der Waals surface area contributed by atoms with Gasteiger partial charge in [0.25, 0.3) is 0 Å². The lowest BCUT2D eigenvalue weighted by atomic mass is 9.90. The highest BCUT2D eigenvalue weighted by molar-refractivity contribution is 5.82. The Kier molecular flexibility index (Phi) is 11.1. The molecule has 2 aliphatic heterocycles. The summed E-state index contributed by atoms with van der Waals surface area (Å²) >= 11 is 0. The van der Waals surface area contributed by atoms with E-state index in [1.807, 2.05) is 79.4 Å². The Balaban J connectivity index is 1.18. The molecular formula is C38H46FN5O6. The largest absolute Gasteiger partial charge is 0.490 e. The molecule has 2 aliphatic rings. The van der Waals surface area contributed by atoms with Gasteiger partial charge in [-0.05, 0) is 50.5 Å². The first-order valence-corrected chi connectivity index (χ1v) is 17.2. The minimum Gasteiger partial charge on any atom is -0.490 e. The number of halogens is 1. The lowest BCUT2D eigenvalue weighted by Gasteiger charge is -2.47. The number of hydrogen-bond acceptors (Lipinski definition) is 9. The summed E-state index contributed by atoms with van der Waals surface area (Å²) in [5.41, 5.74) is 1.79. The molecule has 1 fully saturated rings. The molecule has 0 unspecified atom stereocenters. The zero-order valence-corrected chi connectivity index (χ0v) is 28.5. The van der Waals surface area contributed by atoms with Crippen molar-refractivity contribution in [1.29, 1.82) is 0 Å². The summed E-state index contributed by atoms with van der Waals surface area (Å²) in [6.45, 7) is 4.84. The maximum Gasteiger partial charge on any atom is 0.238 e. The average Bonchev–Trinajstić information content (AvgIpc) is 3.58. The Morgan fingerprint density at radius 1 is 1.10 bits per heavy atom. The Morgan fingerprint density at radius 2 is 1.88 bits per heavy atom. The van der Waals surface area contributed by atoms with Gasteiger partial charge < -0.3 is 30.0 Å². The van der Waals surface area contributed by atoms with Crippen LogP contribution in [0.25, 0.3) is 11.0 Å². The molecule has 4 heterocycles. The van der Waals surface area contributed by atoms with Crippen LogP contribution in [-0.2, 0) is 21.5 Å². The molecule has 2 amide bonds. The molecule has 1 saturated heterocycles. The van der Waals surface area contributed by atoms with E-state index in [-0.39, 0.29) is 37.9 Å².